The van der Waals surface area contributed by atoms with Gasteiger partial charge in [0.2, 0.25) is 0 Å². The van der Waals surface area contributed by atoms with E-state index >= 15 is 0 Å². The zero-order chi connectivity index (χ0) is 17.0. The van der Waals surface area contributed by atoms with Gasteiger partial charge in [0.25, 0.3) is 0 Å². The van der Waals surface area contributed by atoms with Gasteiger partial charge in [0.1, 0.15) is 0 Å². The molecular weight excluding hydrogens is 336 g/mol. The van der Waals surface area contributed by atoms with E-state index in [1.54, 1.807) is 6.20 Å². The summed E-state index contributed by atoms with van der Waals surface area (Å²) >= 11 is 6.27. The highest BCUT2D eigenvalue weighted by Gasteiger charge is 2.49. The molecule has 2 atom stereocenters. The molecule has 128 valence electrons. The van der Waals surface area contributed by atoms with Crippen LogP contribution in [0.4, 0.5) is 5.69 Å². The summed E-state index contributed by atoms with van der Waals surface area (Å²) in [4.78, 5) is 6.50. The van der Waals surface area contributed by atoms with E-state index in [-0.39, 0.29) is 0 Å². The highest BCUT2D eigenvalue weighted by molar-refractivity contribution is 6.31. The molecule has 5 rings (SSSR count). The quantitative estimate of drug-likeness (QED) is 0.740. The van der Waals surface area contributed by atoms with E-state index in [2.05, 4.69) is 32.2 Å². The van der Waals surface area contributed by atoms with Crippen LogP contribution in [0.25, 0.3) is 10.9 Å². The Morgan fingerprint density at radius 2 is 1.88 bits per heavy atom. The van der Waals surface area contributed by atoms with Gasteiger partial charge in [-0.2, -0.15) is 5.10 Å². The van der Waals surface area contributed by atoms with Crippen molar-refractivity contribution < 1.29 is 5.11 Å². The van der Waals surface area contributed by atoms with Crippen LogP contribution in [0.3, 0.4) is 0 Å². The van der Waals surface area contributed by atoms with E-state index in [1.807, 2.05) is 24.5 Å². The van der Waals surface area contributed by atoms with Gasteiger partial charge in [-0.3, -0.25) is 10.1 Å². The second-order valence-electron chi connectivity index (χ2n) is 7.35. The molecule has 2 aromatic heterocycles. The predicted octanol–water partition coefficient (Wildman–Crippen LogP) is 3.35. The fourth-order valence-electron chi connectivity index (χ4n) is 4.74. The third kappa shape index (κ3) is 2.41. The molecule has 3 aromatic rings. The van der Waals surface area contributed by atoms with Crippen molar-refractivity contribution in [3.63, 3.8) is 0 Å². The molecule has 5 nitrogen and oxygen atoms in total. The van der Waals surface area contributed by atoms with Gasteiger partial charge in [0.05, 0.1) is 17.3 Å². The lowest BCUT2D eigenvalue weighted by Crippen LogP contribution is -2.28. The van der Waals surface area contributed by atoms with E-state index in [9.17, 15) is 5.11 Å². The number of halogens is 1. The highest BCUT2D eigenvalue weighted by atomic mass is 35.5. The number of aromatic amines is 1. The number of H-pyrrole nitrogens is 1. The monoisotopic (exact) mass is 354 g/mol. The molecule has 1 saturated carbocycles. The molecule has 1 saturated heterocycles. The number of benzene rings is 1. The molecular formula is C19H19ClN4O. The Labute approximate surface area is 150 Å². The third-order valence-electron chi connectivity index (χ3n) is 5.83. The first-order valence-electron chi connectivity index (χ1n) is 8.63. The minimum absolute atomic E-state index is 0.485. The first kappa shape index (κ1) is 15.2. The van der Waals surface area contributed by atoms with Crippen molar-refractivity contribution in [2.45, 2.75) is 18.4 Å². The van der Waals surface area contributed by atoms with Crippen molar-refractivity contribution >= 4 is 28.2 Å². The molecule has 0 amide bonds. The van der Waals surface area contributed by atoms with Crippen molar-refractivity contribution in [1.82, 2.24) is 15.2 Å². The largest absolute Gasteiger partial charge is 0.385 e. The van der Waals surface area contributed by atoms with Crippen LogP contribution in [0.5, 0.6) is 0 Å². The first-order valence-corrected chi connectivity index (χ1v) is 9.01. The zero-order valence-electron chi connectivity index (χ0n) is 13.7. The Morgan fingerprint density at radius 1 is 1.16 bits per heavy atom. The summed E-state index contributed by atoms with van der Waals surface area (Å²) in [6.07, 6.45) is 6.98. The summed E-state index contributed by atoms with van der Waals surface area (Å²) in [5.41, 5.74) is 2.18. The number of nitrogens with one attached hydrogen (secondary N) is 1. The number of pyridine rings is 1. The van der Waals surface area contributed by atoms with Crippen molar-refractivity contribution in [1.29, 1.82) is 0 Å². The Balaban J connectivity index is 1.44. The summed E-state index contributed by atoms with van der Waals surface area (Å²) in [6.45, 7) is 1.96. The minimum Gasteiger partial charge on any atom is -0.385 e. The zero-order valence-corrected chi connectivity index (χ0v) is 14.4. The minimum atomic E-state index is -0.827. The SMILES string of the molecule is OC1(c2cc(Cl)cc3[nH]ncc23)CC2CN(c3ccncc3)CC2C1. The molecule has 0 radical (unpaired) electrons. The number of nitrogens with zero attached hydrogens (tertiary/aromatic N) is 3. The van der Waals surface area contributed by atoms with Crippen LogP contribution in [-0.4, -0.2) is 33.4 Å². The van der Waals surface area contributed by atoms with Gasteiger partial charge < -0.3 is 10.0 Å². The van der Waals surface area contributed by atoms with Crippen molar-refractivity contribution in [2.75, 3.05) is 18.0 Å². The van der Waals surface area contributed by atoms with Crippen molar-refractivity contribution in [3.05, 3.63) is 53.4 Å². The highest BCUT2D eigenvalue weighted by Crippen LogP contribution is 2.51. The van der Waals surface area contributed by atoms with Crippen LogP contribution in [0.15, 0.2) is 42.9 Å². The summed E-state index contributed by atoms with van der Waals surface area (Å²) in [6, 6.07) is 7.87. The van der Waals surface area contributed by atoms with Crippen molar-refractivity contribution in [2.24, 2.45) is 11.8 Å². The molecule has 2 fully saturated rings. The van der Waals surface area contributed by atoms with Crippen molar-refractivity contribution in [3.8, 4) is 0 Å². The molecule has 2 aliphatic rings. The topological polar surface area (TPSA) is 65.0 Å². The number of rotatable bonds is 2. The van der Waals surface area contributed by atoms with Gasteiger partial charge in [0, 0.05) is 41.6 Å². The number of fused-ring (bicyclic) bond motifs is 2. The van der Waals surface area contributed by atoms with E-state index in [4.69, 9.17) is 11.6 Å². The molecule has 2 unspecified atom stereocenters. The van der Waals surface area contributed by atoms with Crippen LogP contribution < -0.4 is 4.90 Å². The fourth-order valence-corrected chi connectivity index (χ4v) is 4.96. The first-order chi connectivity index (χ1) is 12.1. The number of hydrogen-bond donors (Lipinski definition) is 2. The van der Waals surface area contributed by atoms with Gasteiger partial charge in [-0.25, -0.2) is 0 Å². The van der Waals surface area contributed by atoms with Gasteiger partial charge >= 0.3 is 0 Å². The molecule has 2 N–H and O–H groups in total. The predicted molar refractivity (Wildman–Crippen MR) is 97.7 cm³/mol. The number of anilines is 1. The Hall–Kier alpha value is -2.11. The molecule has 3 heterocycles. The molecule has 1 aliphatic heterocycles. The van der Waals surface area contributed by atoms with E-state index < -0.39 is 5.60 Å². The summed E-state index contributed by atoms with van der Waals surface area (Å²) < 4.78 is 0. The standard InChI is InChI=1S/C19H19ClN4O/c20-14-5-17(16-9-22-23-18(16)6-14)19(25)7-12-10-24(11-13(12)8-19)15-1-3-21-4-2-15/h1-6,9,12-13,25H,7-8,10-11H2,(H,22,23). The summed E-state index contributed by atoms with van der Waals surface area (Å²) in [7, 11) is 0. The fraction of sp³-hybridized carbons (Fsp3) is 0.368. The molecule has 0 bridgehead atoms. The van der Waals surface area contributed by atoms with Gasteiger partial charge in [-0.15, -0.1) is 0 Å². The van der Waals surface area contributed by atoms with Crippen LogP contribution in [0, 0.1) is 11.8 Å². The third-order valence-corrected chi connectivity index (χ3v) is 6.05. The van der Waals surface area contributed by atoms with Crippen LogP contribution in [-0.2, 0) is 5.60 Å². The van der Waals surface area contributed by atoms with Crippen LogP contribution in [0.1, 0.15) is 18.4 Å². The lowest BCUT2D eigenvalue weighted by Gasteiger charge is -2.28. The molecule has 25 heavy (non-hydrogen) atoms. The van der Waals surface area contributed by atoms with E-state index in [0.717, 1.165) is 42.4 Å². The molecule has 1 aliphatic carbocycles. The van der Waals surface area contributed by atoms with Gasteiger partial charge in [-0.05, 0) is 54.5 Å². The number of hydrogen-bond acceptors (Lipinski definition) is 4. The summed E-state index contributed by atoms with van der Waals surface area (Å²) in [5.74, 6) is 0.971. The molecule has 6 heteroatoms. The van der Waals surface area contributed by atoms with E-state index in [1.165, 1.54) is 5.69 Å². The number of aliphatic hydroxyl groups is 1. The van der Waals surface area contributed by atoms with Crippen LogP contribution >= 0.6 is 11.6 Å². The second-order valence-corrected chi connectivity index (χ2v) is 7.79. The average Bonchev–Trinajstić information content (AvgIpc) is 3.28. The van der Waals surface area contributed by atoms with Gasteiger partial charge in [-0.1, -0.05) is 11.6 Å². The Kier molecular flexibility index (Phi) is 3.30. The maximum Gasteiger partial charge on any atom is 0.0911 e. The lowest BCUT2D eigenvalue weighted by molar-refractivity contribution is 0.0381. The smallest absolute Gasteiger partial charge is 0.0911 e. The van der Waals surface area contributed by atoms with E-state index in [0.29, 0.717) is 16.9 Å². The average molecular weight is 355 g/mol. The maximum atomic E-state index is 11.4. The van der Waals surface area contributed by atoms with Gasteiger partial charge in [0.15, 0.2) is 0 Å². The second kappa shape index (κ2) is 5.44. The lowest BCUT2D eigenvalue weighted by atomic mass is 9.88. The number of aromatic nitrogens is 3. The van der Waals surface area contributed by atoms with Crippen LogP contribution in [0.2, 0.25) is 5.02 Å². The Morgan fingerprint density at radius 3 is 2.60 bits per heavy atom. The maximum absolute atomic E-state index is 11.4. The normalized spacial score (nSPS) is 28.6. The Bertz CT molecular complexity index is 912. The molecule has 0 spiro atoms. The summed E-state index contributed by atoms with van der Waals surface area (Å²) in [5, 5.41) is 20.1. The molecule has 1 aromatic carbocycles.